The fourth-order valence-electron chi connectivity index (χ4n) is 6.36. The standard InChI is InChI=1S/C41H54.C4H11N/c1-7-10-13-15-19-23-33(6)41-37(27-18-12-9-3)31-39-36(26-20-16-14-11-8-2)28-34(30-40(39)41)29-38(32(4)5)35-24-21-17-22-25-35;1-2-3-4-5/h7,17,21-22,24-25,28,30,38H,1,4,6,8-16,18-19,23,27,29,31H2,2-3,5H3;2-5H2,1H3. The van der Waals surface area contributed by atoms with E-state index in [1.54, 1.807) is 5.57 Å². The number of benzene rings is 2. The first-order chi connectivity index (χ1) is 22.4. The Kier molecular flexibility index (Phi) is 19.8. The molecule has 1 nitrogen and oxygen atoms in total. The quantitative estimate of drug-likeness (QED) is 0.0890. The maximum absolute atomic E-state index is 5.14. The van der Waals surface area contributed by atoms with Crippen molar-refractivity contribution in [2.45, 2.75) is 143 Å². The third kappa shape index (κ3) is 13.3. The smallest absolute Gasteiger partial charge is 0.0289 e. The van der Waals surface area contributed by atoms with Gasteiger partial charge in [0.05, 0.1) is 0 Å². The molecule has 2 aromatic rings. The Balaban J connectivity index is 0.00000136. The van der Waals surface area contributed by atoms with Gasteiger partial charge in [-0.3, -0.25) is 0 Å². The summed E-state index contributed by atoms with van der Waals surface area (Å²) < 4.78 is 0. The lowest BCUT2D eigenvalue weighted by Crippen LogP contribution is -2.06. The number of nitrogens with two attached hydrogens (primary N) is 1. The van der Waals surface area contributed by atoms with Crippen LogP contribution in [0.3, 0.4) is 0 Å². The molecule has 0 saturated heterocycles. The summed E-state index contributed by atoms with van der Waals surface area (Å²) in [6, 6.07) is 15.8. The number of allylic oxidation sites excluding steroid dienone is 5. The van der Waals surface area contributed by atoms with Crippen molar-refractivity contribution in [1.82, 2.24) is 0 Å². The third-order valence-electron chi connectivity index (χ3n) is 9.07. The number of rotatable bonds is 20. The summed E-state index contributed by atoms with van der Waals surface area (Å²) in [5.74, 6) is 7.51. The molecule has 0 spiro atoms. The van der Waals surface area contributed by atoms with Crippen LogP contribution >= 0.6 is 0 Å². The fourth-order valence-corrected chi connectivity index (χ4v) is 6.36. The van der Waals surface area contributed by atoms with Crippen molar-refractivity contribution >= 4 is 5.57 Å². The van der Waals surface area contributed by atoms with Crippen LogP contribution in [0.15, 0.2) is 85.0 Å². The molecule has 2 aromatic carbocycles. The zero-order chi connectivity index (χ0) is 33.6. The number of unbranched alkanes of at least 4 members (excludes halogenated alkanes) is 9. The maximum Gasteiger partial charge on any atom is 0.0289 e. The first-order valence-corrected chi connectivity index (χ1v) is 18.5. The molecule has 1 aliphatic carbocycles. The van der Waals surface area contributed by atoms with Gasteiger partial charge in [0.25, 0.3) is 0 Å². The van der Waals surface area contributed by atoms with Crippen LogP contribution in [0.5, 0.6) is 0 Å². The molecule has 0 saturated carbocycles. The van der Waals surface area contributed by atoms with Crippen molar-refractivity contribution in [3.8, 4) is 11.8 Å². The molecule has 0 heterocycles. The van der Waals surface area contributed by atoms with Gasteiger partial charge in [0.1, 0.15) is 0 Å². The van der Waals surface area contributed by atoms with Crippen LogP contribution in [-0.2, 0) is 12.8 Å². The largest absolute Gasteiger partial charge is 0.330 e. The Bertz CT molecular complexity index is 1290. The van der Waals surface area contributed by atoms with E-state index in [2.05, 4.69) is 95.2 Å². The van der Waals surface area contributed by atoms with Crippen molar-refractivity contribution in [1.29, 1.82) is 0 Å². The van der Waals surface area contributed by atoms with Gasteiger partial charge in [-0.15, -0.1) is 6.58 Å². The van der Waals surface area contributed by atoms with Crippen molar-refractivity contribution in [2.24, 2.45) is 5.73 Å². The van der Waals surface area contributed by atoms with E-state index >= 15 is 0 Å². The second kappa shape index (κ2) is 23.3. The van der Waals surface area contributed by atoms with Gasteiger partial charge in [0, 0.05) is 17.9 Å². The summed E-state index contributed by atoms with van der Waals surface area (Å²) in [6.45, 7) is 22.7. The van der Waals surface area contributed by atoms with Gasteiger partial charge in [-0.25, -0.2) is 0 Å². The molecular weight excluding hydrogens is 555 g/mol. The highest BCUT2D eigenvalue weighted by atomic mass is 14.5. The molecule has 1 aliphatic rings. The summed E-state index contributed by atoms with van der Waals surface area (Å²) in [7, 11) is 0. The van der Waals surface area contributed by atoms with Crippen LogP contribution in [0.1, 0.15) is 158 Å². The first-order valence-electron chi connectivity index (χ1n) is 18.5. The minimum atomic E-state index is 0.297. The monoisotopic (exact) mass is 620 g/mol. The van der Waals surface area contributed by atoms with Gasteiger partial charge in [0.2, 0.25) is 0 Å². The lowest BCUT2D eigenvalue weighted by molar-refractivity contribution is 0.689. The van der Waals surface area contributed by atoms with Crippen molar-refractivity contribution in [3.63, 3.8) is 0 Å². The van der Waals surface area contributed by atoms with E-state index in [0.29, 0.717) is 5.92 Å². The SMILES string of the molecule is C=CCCCCCC(=C)C1=C(CCCCC)Cc2c(C#CCCCCC)cc(CC(C(=C)C)c3ccccc3)cc21.CCCCN. The average molecular weight is 620 g/mol. The normalized spacial score (nSPS) is 12.5. The Morgan fingerprint density at radius 1 is 0.891 bits per heavy atom. The molecule has 2 N–H and O–H groups in total. The van der Waals surface area contributed by atoms with Crippen molar-refractivity contribution in [3.05, 3.63) is 113 Å². The molecule has 0 amide bonds. The molecule has 1 unspecified atom stereocenters. The Morgan fingerprint density at radius 2 is 1.61 bits per heavy atom. The molecule has 46 heavy (non-hydrogen) atoms. The highest BCUT2D eigenvalue weighted by molar-refractivity contribution is 5.88. The second-order valence-corrected chi connectivity index (χ2v) is 13.2. The van der Waals surface area contributed by atoms with Crippen LogP contribution in [0, 0.1) is 11.8 Å². The van der Waals surface area contributed by atoms with E-state index in [1.165, 1.54) is 122 Å². The van der Waals surface area contributed by atoms with E-state index in [1.807, 2.05) is 6.08 Å². The lowest BCUT2D eigenvalue weighted by Gasteiger charge is -2.20. The third-order valence-corrected chi connectivity index (χ3v) is 9.07. The minimum absolute atomic E-state index is 0.297. The summed E-state index contributed by atoms with van der Waals surface area (Å²) >= 11 is 0. The minimum Gasteiger partial charge on any atom is -0.330 e. The first kappa shape index (κ1) is 39.1. The highest BCUT2D eigenvalue weighted by Crippen LogP contribution is 2.43. The number of fused-ring (bicyclic) bond motifs is 1. The zero-order valence-corrected chi connectivity index (χ0v) is 30.1. The molecule has 0 radical (unpaired) electrons. The Labute approximate surface area is 284 Å². The summed E-state index contributed by atoms with van der Waals surface area (Å²) in [5.41, 5.74) is 17.5. The highest BCUT2D eigenvalue weighted by Gasteiger charge is 2.26. The van der Waals surface area contributed by atoms with Gasteiger partial charge in [0.15, 0.2) is 0 Å². The van der Waals surface area contributed by atoms with Crippen LogP contribution in [0.4, 0.5) is 0 Å². The van der Waals surface area contributed by atoms with E-state index in [4.69, 9.17) is 12.3 Å². The van der Waals surface area contributed by atoms with E-state index in [9.17, 15) is 0 Å². The van der Waals surface area contributed by atoms with Gasteiger partial charge >= 0.3 is 0 Å². The van der Waals surface area contributed by atoms with Crippen molar-refractivity contribution < 1.29 is 0 Å². The van der Waals surface area contributed by atoms with E-state index in [-0.39, 0.29) is 0 Å². The van der Waals surface area contributed by atoms with Crippen LogP contribution < -0.4 is 5.73 Å². The molecule has 0 bridgehead atoms. The molecular formula is C45H65N. The van der Waals surface area contributed by atoms with Crippen LogP contribution in [0.2, 0.25) is 0 Å². The molecule has 250 valence electrons. The number of hydrogen-bond acceptors (Lipinski definition) is 1. The van der Waals surface area contributed by atoms with Gasteiger partial charge < -0.3 is 5.73 Å². The molecule has 0 fully saturated rings. The molecule has 0 aromatic heterocycles. The second-order valence-electron chi connectivity index (χ2n) is 13.2. The summed E-state index contributed by atoms with van der Waals surface area (Å²) in [4.78, 5) is 0. The summed E-state index contributed by atoms with van der Waals surface area (Å²) in [6.07, 6.45) is 21.9. The molecule has 1 heteroatoms. The molecule has 0 aliphatic heterocycles. The predicted molar refractivity (Wildman–Crippen MR) is 206 cm³/mol. The predicted octanol–water partition coefficient (Wildman–Crippen LogP) is 12.8. The summed E-state index contributed by atoms with van der Waals surface area (Å²) in [5, 5.41) is 0. The maximum atomic E-state index is 5.14. The van der Waals surface area contributed by atoms with Gasteiger partial charge in [-0.1, -0.05) is 138 Å². The Hall–Kier alpha value is -3.08. The zero-order valence-electron chi connectivity index (χ0n) is 30.1. The van der Waals surface area contributed by atoms with Gasteiger partial charge in [-0.2, -0.15) is 0 Å². The van der Waals surface area contributed by atoms with E-state index in [0.717, 1.165) is 38.6 Å². The Morgan fingerprint density at radius 3 is 2.24 bits per heavy atom. The lowest BCUT2D eigenvalue weighted by atomic mass is 9.84. The van der Waals surface area contributed by atoms with E-state index < -0.39 is 0 Å². The molecule has 1 atom stereocenters. The fraction of sp³-hybridized carbons (Fsp3) is 0.511. The number of hydrogen-bond donors (Lipinski definition) is 1. The van der Waals surface area contributed by atoms with Crippen molar-refractivity contribution in [2.75, 3.05) is 6.54 Å². The van der Waals surface area contributed by atoms with Gasteiger partial charge in [-0.05, 0) is 117 Å². The average Bonchev–Trinajstić information content (AvgIpc) is 3.42. The van der Waals surface area contributed by atoms with Crippen LogP contribution in [-0.4, -0.2) is 6.54 Å². The molecule has 3 rings (SSSR count). The van der Waals surface area contributed by atoms with Crippen LogP contribution in [0.25, 0.3) is 5.57 Å². The topological polar surface area (TPSA) is 26.0 Å².